The number of aromatic nitrogens is 2. The fourth-order valence-electron chi connectivity index (χ4n) is 2.07. The van der Waals surface area contributed by atoms with Crippen LogP contribution in [0.4, 0.5) is 5.82 Å². The quantitative estimate of drug-likeness (QED) is 0.797. The Hall–Kier alpha value is -1.62. The fraction of sp³-hybridized carbons (Fsp3) is 0.455. The van der Waals surface area contributed by atoms with Gasteiger partial charge >= 0.3 is 0 Å². The molecule has 5 nitrogen and oxygen atoms in total. The van der Waals surface area contributed by atoms with Gasteiger partial charge in [-0.1, -0.05) is 5.16 Å². The lowest BCUT2D eigenvalue weighted by molar-refractivity contribution is 0.456. The lowest BCUT2D eigenvalue weighted by Crippen LogP contribution is -2.35. The number of nitrogens with one attached hydrogen (secondary N) is 2. The molecule has 16 heavy (non-hydrogen) atoms. The monoisotopic (exact) mass is 218 g/mol. The highest BCUT2D eigenvalue weighted by atomic mass is 16.5. The molecular weight excluding hydrogens is 204 g/mol. The Morgan fingerprint density at radius 3 is 3.12 bits per heavy atom. The molecule has 0 unspecified atom stereocenters. The zero-order chi connectivity index (χ0) is 10.8. The van der Waals surface area contributed by atoms with E-state index < -0.39 is 0 Å². The number of pyridine rings is 1. The van der Waals surface area contributed by atoms with Gasteiger partial charge in [-0.25, -0.2) is 4.98 Å². The van der Waals surface area contributed by atoms with E-state index in [1.165, 1.54) is 0 Å². The molecule has 0 spiro atoms. The van der Waals surface area contributed by atoms with E-state index in [1.807, 2.05) is 6.07 Å². The Kier molecular flexibility index (Phi) is 2.46. The molecule has 0 saturated carbocycles. The molecule has 0 radical (unpaired) electrons. The number of hydrogen-bond donors (Lipinski definition) is 2. The second-order valence-corrected chi connectivity index (χ2v) is 4.07. The molecule has 1 fully saturated rings. The first kappa shape index (κ1) is 9.59. The summed E-state index contributed by atoms with van der Waals surface area (Å²) in [4.78, 5) is 4.34. The number of fused-ring (bicyclic) bond motifs is 1. The van der Waals surface area contributed by atoms with Crippen LogP contribution in [0.3, 0.4) is 0 Å². The maximum atomic E-state index is 5.11. The van der Waals surface area contributed by atoms with Gasteiger partial charge in [-0.3, -0.25) is 0 Å². The summed E-state index contributed by atoms with van der Waals surface area (Å²) >= 11 is 0. The number of nitrogens with zero attached hydrogens (tertiary/aromatic N) is 2. The molecule has 1 aliphatic rings. The van der Waals surface area contributed by atoms with Crippen LogP contribution in [0.1, 0.15) is 12.8 Å². The van der Waals surface area contributed by atoms with Crippen molar-refractivity contribution in [3.63, 3.8) is 0 Å². The van der Waals surface area contributed by atoms with E-state index >= 15 is 0 Å². The van der Waals surface area contributed by atoms with Gasteiger partial charge in [0.25, 0.3) is 0 Å². The standard InChI is InChI=1S/C11H14N4O/c1-4-12-5-2-8(1)15-11-9-7-14-16-10(9)3-6-13-11/h3,6-8,12H,1-2,4-5H2,(H,13,15). The molecule has 1 saturated heterocycles. The molecule has 84 valence electrons. The van der Waals surface area contributed by atoms with E-state index in [0.29, 0.717) is 6.04 Å². The summed E-state index contributed by atoms with van der Waals surface area (Å²) in [6.07, 6.45) is 5.72. The summed E-state index contributed by atoms with van der Waals surface area (Å²) in [6, 6.07) is 2.32. The van der Waals surface area contributed by atoms with E-state index in [4.69, 9.17) is 4.52 Å². The van der Waals surface area contributed by atoms with Crippen LogP contribution in [0, 0.1) is 0 Å². The van der Waals surface area contributed by atoms with Crippen molar-refractivity contribution in [1.82, 2.24) is 15.5 Å². The topological polar surface area (TPSA) is 63.0 Å². The van der Waals surface area contributed by atoms with Crippen molar-refractivity contribution in [2.24, 2.45) is 0 Å². The predicted octanol–water partition coefficient (Wildman–Crippen LogP) is 1.39. The van der Waals surface area contributed by atoms with Crippen LogP contribution in [0.2, 0.25) is 0 Å². The Balaban J connectivity index is 1.85. The summed E-state index contributed by atoms with van der Waals surface area (Å²) in [5.41, 5.74) is 0.784. The van der Waals surface area contributed by atoms with Crippen molar-refractivity contribution in [3.8, 4) is 0 Å². The highest BCUT2D eigenvalue weighted by Crippen LogP contribution is 2.22. The summed E-state index contributed by atoms with van der Waals surface area (Å²) in [7, 11) is 0. The molecule has 5 heteroatoms. The Labute approximate surface area is 93.2 Å². The third kappa shape index (κ3) is 1.74. The minimum Gasteiger partial charge on any atom is -0.367 e. The van der Waals surface area contributed by atoms with Crippen molar-refractivity contribution in [1.29, 1.82) is 0 Å². The van der Waals surface area contributed by atoms with E-state index in [-0.39, 0.29) is 0 Å². The molecule has 2 aromatic heterocycles. The van der Waals surface area contributed by atoms with E-state index in [1.54, 1.807) is 12.4 Å². The summed E-state index contributed by atoms with van der Waals surface area (Å²) in [6.45, 7) is 2.13. The number of hydrogen-bond acceptors (Lipinski definition) is 5. The molecule has 0 bridgehead atoms. The third-order valence-electron chi connectivity index (χ3n) is 2.96. The third-order valence-corrected chi connectivity index (χ3v) is 2.96. The minimum atomic E-state index is 0.495. The van der Waals surface area contributed by atoms with Crippen LogP contribution in [0.25, 0.3) is 11.0 Å². The normalized spacial score (nSPS) is 17.8. The zero-order valence-electron chi connectivity index (χ0n) is 8.94. The average Bonchev–Trinajstić information content (AvgIpc) is 2.80. The van der Waals surface area contributed by atoms with Gasteiger partial charge in [0.2, 0.25) is 0 Å². The van der Waals surface area contributed by atoms with Crippen molar-refractivity contribution in [2.75, 3.05) is 18.4 Å². The van der Waals surface area contributed by atoms with Gasteiger partial charge in [-0.2, -0.15) is 0 Å². The van der Waals surface area contributed by atoms with E-state index in [0.717, 1.165) is 42.7 Å². The van der Waals surface area contributed by atoms with Crippen LogP contribution in [-0.4, -0.2) is 29.3 Å². The SMILES string of the molecule is c1cc2oncc2c(NC2CCNCC2)n1. The lowest BCUT2D eigenvalue weighted by atomic mass is 10.1. The first-order valence-electron chi connectivity index (χ1n) is 5.60. The van der Waals surface area contributed by atoms with Crippen molar-refractivity contribution < 1.29 is 4.52 Å². The number of rotatable bonds is 2. The average molecular weight is 218 g/mol. The maximum absolute atomic E-state index is 5.11. The molecule has 3 heterocycles. The fourth-order valence-corrected chi connectivity index (χ4v) is 2.07. The summed E-state index contributed by atoms with van der Waals surface area (Å²) < 4.78 is 5.11. The Morgan fingerprint density at radius 1 is 1.38 bits per heavy atom. The second kappa shape index (κ2) is 4.09. The molecule has 2 N–H and O–H groups in total. The molecule has 0 aromatic carbocycles. The van der Waals surface area contributed by atoms with Gasteiger partial charge in [0, 0.05) is 18.3 Å². The first-order chi connectivity index (χ1) is 7.93. The molecular formula is C11H14N4O. The van der Waals surface area contributed by atoms with E-state index in [2.05, 4.69) is 20.8 Å². The van der Waals surface area contributed by atoms with Crippen LogP contribution in [0.15, 0.2) is 23.0 Å². The zero-order valence-corrected chi connectivity index (χ0v) is 8.94. The van der Waals surface area contributed by atoms with Gasteiger partial charge in [0.1, 0.15) is 5.82 Å². The second-order valence-electron chi connectivity index (χ2n) is 4.07. The van der Waals surface area contributed by atoms with Crippen LogP contribution in [-0.2, 0) is 0 Å². The smallest absolute Gasteiger partial charge is 0.172 e. The first-order valence-corrected chi connectivity index (χ1v) is 5.60. The molecule has 1 aliphatic heterocycles. The van der Waals surface area contributed by atoms with Crippen LogP contribution in [0.5, 0.6) is 0 Å². The van der Waals surface area contributed by atoms with Crippen molar-refractivity contribution >= 4 is 16.8 Å². The van der Waals surface area contributed by atoms with Crippen molar-refractivity contribution in [2.45, 2.75) is 18.9 Å². The van der Waals surface area contributed by atoms with Gasteiger partial charge in [-0.15, -0.1) is 0 Å². The highest BCUT2D eigenvalue weighted by Gasteiger charge is 2.15. The molecule has 0 aliphatic carbocycles. The number of anilines is 1. The van der Waals surface area contributed by atoms with Crippen molar-refractivity contribution in [3.05, 3.63) is 18.5 Å². The molecule has 2 aromatic rings. The largest absolute Gasteiger partial charge is 0.367 e. The summed E-state index contributed by atoms with van der Waals surface area (Å²) in [5, 5.41) is 11.5. The predicted molar refractivity (Wildman–Crippen MR) is 61.3 cm³/mol. The summed E-state index contributed by atoms with van der Waals surface area (Å²) in [5.74, 6) is 0.880. The van der Waals surface area contributed by atoms with Crippen LogP contribution >= 0.6 is 0 Å². The van der Waals surface area contributed by atoms with E-state index in [9.17, 15) is 0 Å². The highest BCUT2D eigenvalue weighted by molar-refractivity contribution is 5.86. The van der Waals surface area contributed by atoms with Gasteiger partial charge in [0.15, 0.2) is 5.58 Å². The van der Waals surface area contributed by atoms with Gasteiger partial charge in [0.05, 0.1) is 11.6 Å². The maximum Gasteiger partial charge on any atom is 0.172 e. The minimum absolute atomic E-state index is 0.495. The lowest BCUT2D eigenvalue weighted by Gasteiger charge is -2.24. The number of piperidine rings is 1. The van der Waals surface area contributed by atoms with Crippen LogP contribution < -0.4 is 10.6 Å². The van der Waals surface area contributed by atoms with Gasteiger partial charge in [-0.05, 0) is 25.9 Å². The van der Waals surface area contributed by atoms with Gasteiger partial charge < -0.3 is 15.2 Å². The molecule has 3 rings (SSSR count). The Bertz CT molecular complexity index is 476. The molecule has 0 atom stereocenters. The molecule has 0 amide bonds. The Morgan fingerprint density at radius 2 is 2.25 bits per heavy atom.